The highest BCUT2D eigenvalue weighted by molar-refractivity contribution is 4.86. The van der Waals surface area contributed by atoms with Gasteiger partial charge in [-0.25, -0.2) is 4.98 Å². The zero-order valence-corrected chi connectivity index (χ0v) is 4.56. The van der Waals surface area contributed by atoms with Gasteiger partial charge in [-0.15, -0.1) is 0 Å². The van der Waals surface area contributed by atoms with Crippen molar-refractivity contribution < 1.29 is 4.42 Å². The van der Waals surface area contributed by atoms with Gasteiger partial charge >= 0.3 is 0 Å². The number of azide groups is 1. The molecule has 5 nitrogen and oxygen atoms in total. The molecule has 9 heavy (non-hydrogen) atoms. The van der Waals surface area contributed by atoms with Crippen molar-refractivity contribution >= 4 is 0 Å². The molecular formula is C4H4N4O. The van der Waals surface area contributed by atoms with E-state index in [2.05, 4.69) is 15.0 Å². The Kier molecular flexibility index (Phi) is 1.72. The lowest BCUT2D eigenvalue weighted by atomic mass is 10.5. The Morgan fingerprint density at radius 2 is 2.78 bits per heavy atom. The molecule has 1 aromatic rings. The first-order chi connectivity index (χ1) is 4.43. The van der Waals surface area contributed by atoms with Gasteiger partial charge in [0.15, 0.2) is 6.39 Å². The topological polar surface area (TPSA) is 74.8 Å². The highest BCUT2D eigenvalue weighted by Crippen LogP contribution is 1.97. The minimum absolute atomic E-state index is 0.233. The molecule has 0 fully saturated rings. The van der Waals surface area contributed by atoms with Gasteiger partial charge in [-0.2, -0.15) is 0 Å². The standard InChI is InChI=1S/C4H4N4O/c5-8-7-2-4-1-6-3-9-4/h1,3H,2H2. The smallest absolute Gasteiger partial charge is 0.180 e. The van der Waals surface area contributed by atoms with E-state index < -0.39 is 0 Å². The van der Waals surface area contributed by atoms with Gasteiger partial charge in [0.1, 0.15) is 5.76 Å². The van der Waals surface area contributed by atoms with E-state index in [1.54, 1.807) is 0 Å². The summed E-state index contributed by atoms with van der Waals surface area (Å²) in [5.74, 6) is 0.577. The third-order valence-electron chi connectivity index (χ3n) is 0.773. The van der Waals surface area contributed by atoms with E-state index in [1.807, 2.05) is 0 Å². The van der Waals surface area contributed by atoms with Gasteiger partial charge in [-0.1, -0.05) is 5.11 Å². The van der Waals surface area contributed by atoms with Crippen LogP contribution in [0.15, 0.2) is 22.1 Å². The fourth-order valence-corrected chi connectivity index (χ4v) is 0.422. The molecule has 5 heteroatoms. The molecule has 0 aliphatic heterocycles. The molecule has 0 aromatic carbocycles. The number of hydrogen-bond donors (Lipinski definition) is 0. The first-order valence-corrected chi connectivity index (χ1v) is 2.31. The Morgan fingerprint density at radius 3 is 3.33 bits per heavy atom. The van der Waals surface area contributed by atoms with Crippen molar-refractivity contribution in [2.75, 3.05) is 0 Å². The maximum Gasteiger partial charge on any atom is 0.180 e. The predicted octanol–water partition coefficient (Wildman–Crippen LogP) is 1.48. The molecule has 0 radical (unpaired) electrons. The van der Waals surface area contributed by atoms with Crippen LogP contribution in [0, 0.1) is 0 Å². The first-order valence-electron chi connectivity index (χ1n) is 2.31. The van der Waals surface area contributed by atoms with E-state index in [0.717, 1.165) is 0 Å². The molecule has 0 spiro atoms. The summed E-state index contributed by atoms with van der Waals surface area (Å²) in [7, 11) is 0. The Labute approximate surface area is 50.9 Å². The van der Waals surface area contributed by atoms with Gasteiger partial charge in [0.25, 0.3) is 0 Å². The van der Waals surface area contributed by atoms with Crippen LogP contribution < -0.4 is 0 Å². The van der Waals surface area contributed by atoms with Crippen LogP contribution in [0.1, 0.15) is 5.76 Å². The molecule has 0 N–H and O–H groups in total. The summed E-state index contributed by atoms with van der Waals surface area (Å²) < 4.78 is 4.76. The lowest BCUT2D eigenvalue weighted by molar-refractivity contribution is 0.506. The van der Waals surface area contributed by atoms with E-state index in [-0.39, 0.29) is 6.54 Å². The van der Waals surface area contributed by atoms with Gasteiger partial charge in [0, 0.05) is 4.91 Å². The Balaban J connectivity index is 2.57. The molecule has 0 saturated heterocycles. The molecule has 0 aliphatic rings. The summed E-state index contributed by atoms with van der Waals surface area (Å²) in [5.41, 5.74) is 7.86. The quantitative estimate of drug-likeness (QED) is 0.340. The average molecular weight is 124 g/mol. The zero-order valence-electron chi connectivity index (χ0n) is 4.56. The van der Waals surface area contributed by atoms with Gasteiger partial charge in [0.2, 0.25) is 0 Å². The molecule has 0 amide bonds. The van der Waals surface area contributed by atoms with Crippen LogP contribution in [0.3, 0.4) is 0 Å². The van der Waals surface area contributed by atoms with Crippen LogP contribution in [0.2, 0.25) is 0 Å². The summed E-state index contributed by atoms with van der Waals surface area (Å²) >= 11 is 0. The number of rotatable bonds is 2. The lowest BCUT2D eigenvalue weighted by Crippen LogP contribution is -1.70. The fraction of sp³-hybridized carbons (Fsp3) is 0.250. The molecule has 0 atom stereocenters. The summed E-state index contributed by atoms with van der Waals surface area (Å²) in [5, 5.41) is 3.26. The van der Waals surface area contributed by atoms with Crippen molar-refractivity contribution in [3.05, 3.63) is 28.8 Å². The molecule has 46 valence electrons. The summed E-state index contributed by atoms with van der Waals surface area (Å²) in [6.07, 6.45) is 2.80. The number of nitrogens with zero attached hydrogens (tertiary/aromatic N) is 4. The highest BCUT2D eigenvalue weighted by Gasteiger charge is 1.89. The predicted molar refractivity (Wildman–Crippen MR) is 29.4 cm³/mol. The minimum atomic E-state index is 0.233. The van der Waals surface area contributed by atoms with Crippen molar-refractivity contribution in [2.45, 2.75) is 6.54 Å². The van der Waals surface area contributed by atoms with E-state index >= 15 is 0 Å². The Hall–Kier alpha value is -1.48. The molecule has 1 rings (SSSR count). The van der Waals surface area contributed by atoms with Gasteiger partial charge in [-0.05, 0) is 5.53 Å². The zero-order chi connectivity index (χ0) is 6.53. The van der Waals surface area contributed by atoms with Crippen LogP contribution in [-0.4, -0.2) is 4.98 Å². The van der Waals surface area contributed by atoms with Gasteiger partial charge in [-0.3, -0.25) is 0 Å². The second-order valence-electron chi connectivity index (χ2n) is 1.36. The summed E-state index contributed by atoms with van der Waals surface area (Å²) in [4.78, 5) is 6.17. The van der Waals surface area contributed by atoms with Crippen molar-refractivity contribution in [3.8, 4) is 0 Å². The van der Waals surface area contributed by atoms with E-state index in [0.29, 0.717) is 5.76 Å². The molecule has 0 bridgehead atoms. The molecule has 0 aliphatic carbocycles. The van der Waals surface area contributed by atoms with Crippen LogP contribution in [0.25, 0.3) is 10.4 Å². The van der Waals surface area contributed by atoms with Crippen LogP contribution in [0.4, 0.5) is 0 Å². The van der Waals surface area contributed by atoms with Gasteiger partial charge in [0.05, 0.1) is 12.7 Å². The Bertz CT molecular complexity index is 210. The maximum absolute atomic E-state index is 7.86. The van der Waals surface area contributed by atoms with Crippen molar-refractivity contribution in [1.82, 2.24) is 4.98 Å². The molecule has 0 unspecified atom stereocenters. The summed E-state index contributed by atoms with van der Waals surface area (Å²) in [6.45, 7) is 0.233. The molecular weight excluding hydrogens is 120 g/mol. The van der Waals surface area contributed by atoms with E-state index in [9.17, 15) is 0 Å². The fourth-order valence-electron chi connectivity index (χ4n) is 0.422. The van der Waals surface area contributed by atoms with Crippen molar-refractivity contribution in [3.63, 3.8) is 0 Å². The largest absolute Gasteiger partial charge is 0.448 e. The van der Waals surface area contributed by atoms with Crippen LogP contribution in [-0.2, 0) is 6.54 Å². The van der Waals surface area contributed by atoms with Gasteiger partial charge < -0.3 is 4.42 Å². The normalized spacial score (nSPS) is 8.44. The molecule has 1 heterocycles. The minimum Gasteiger partial charge on any atom is -0.448 e. The Morgan fingerprint density at radius 1 is 1.89 bits per heavy atom. The van der Waals surface area contributed by atoms with Crippen molar-refractivity contribution in [2.24, 2.45) is 5.11 Å². The SMILES string of the molecule is [N-]=[N+]=NCc1cnco1. The highest BCUT2D eigenvalue weighted by atomic mass is 16.3. The summed E-state index contributed by atoms with van der Waals surface area (Å²) in [6, 6.07) is 0. The lowest BCUT2D eigenvalue weighted by Gasteiger charge is -1.78. The van der Waals surface area contributed by atoms with E-state index in [1.165, 1.54) is 12.6 Å². The maximum atomic E-state index is 7.86. The number of hydrogen-bond acceptors (Lipinski definition) is 3. The second-order valence-corrected chi connectivity index (χ2v) is 1.36. The molecule has 1 aromatic heterocycles. The number of aromatic nitrogens is 1. The number of oxazole rings is 1. The first kappa shape index (κ1) is 5.65. The van der Waals surface area contributed by atoms with Crippen LogP contribution >= 0.6 is 0 Å². The van der Waals surface area contributed by atoms with Crippen LogP contribution in [0.5, 0.6) is 0 Å². The average Bonchev–Trinajstić information content (AvgIpc) is 2.34. The third kappa shape index (κ3) is 1.47. The monoisotopic (exact) mass is 124 g/mol. The molecule has 0 saturated carbocycles. The third-order valence-corrected chi connectivity index (χ3v) is 0.773. The second kappa shape index (κ2) is 2.74. The van der Waals surface area contributed by atoms with E-state index in [4.69, 9.17) is 9.95 Å². The van der Waals surface area contributed by atoms with Crippen molar-refractivity contribution in [1.29, 1.82) is 0 Å².